The third-order valence-electron chi connectivity index (χ3n) is 6.42. The molecule has 1 saturated heterocycles. The van der Waals surface area contributed by atoms with Crippen molar-refractivity contribution in [3.63, 3.8) is 0 Å². The number of carbonyl (C=O) groups excluding carboxylic acids is 1. The van der Waals surface area contributed by atoms with Gasteiger partial charge in [0, 0.05) is 11.1 Å². The van der Waals surface area contributed by atoms with Gasteiger partial charge in [0.15, 0.2) is 11.5 Å². The normalized spacial score (nSPS) is 21.2. The van der Waals surface area contributed by atoms with Crippen LogP contribution in [0.25, 0.3) is 6.08 Å². The molecule has 0 saturated carbocycles. The van der Waals surface area contributed by atoms with E-state index >= 15 is 0 Å². The molecule has 1 atom stereocenters. The van der Waals surface area contributed by atoms with E-state index in [1.54, 1.807) is 0 Å². The van der Waals surface area contributed by atoms with Gasteiger partial charge in [-0.3, -0.25) is 4.79 Å². The van der Waals surface area contributed by atoms with Crippen molar-refractivity contribution in [1.29, 1.82) is 0 Å². The van der Waals surface area contributed by atoms with Crippen LogP contribution in [0.5, 0.6) is 11.5 Å². The predicted molar refractivity (Wildman–Crippen MR) is 125 cm³/mol. The molecule has 2 aliphatic heterocycles. The number of hydrogen-bond donors (Lipinski definition) is 1. The first-order chi connectivity index (χ1) is 14.9. The number of fused-ring (bicyclic) bond motifs is 3. The molecule has 0 aliphatic carbocycles. The standard InChI is InChI=1S/C26H32N2O3/c1-5-7-16-31-22-13-12-19(17-23(22)30-6-2)14-15-26-25(3,4)20-10-8-9-11-21(20)28(26)18-24(29)27-26/h8-15,17H,5-7,16,18H2,1-4H3,(H,27,29)/b15-14+/t26-/m0/s1. The second-order valence-electron chi connectivity index (χ2n) is 8.72. The first kappa shape index (κ1) is 21.3. The molecule has 0 unspecified atom stereocenters. The summed E-state index contributed by atoms with van der Waals surface area (Å²) in [6, 6.07) is 14.4. The minimum absolute atomic E-state index is 0.0434. The Kier molecular flexibility index (Phi) is 5.69. The van der Waals surface area contributed by atoms with Crippen molar-refractivity contribution in [2.24, 2.45) is 0 Å². The highest BCUT2D eigenvalue weighted by molar-refractivity contribution is 5.91. The third-order valence-corrected chi connectivity index (χ3v) is 6.42. The fraction of sp³-hybridized carbons (Fsp3) is 0.423. The number of para-hydroxylation sites is 1. The van der Waals surface area contributed by atoms with Crippen molar-refractivity contribution < 1.29 is 14.3 Å². The van der Waals surface area contributed by atoms with E-state index in [9.17, 15) is 4.79 Å². The molecule has 0 bridgehead atoms. The zero-order valence-electron chi connectivity index (χ0n) is 18.9. The summed E-state index contributed by atoms with van der Waals surface area (Å²) in [7, 11) is 0. The van der Waals surface area contributed by atoms with Crippen molar-refractivity contribution in [3.8, 4) is 11.5 Å². The number of nitrogens with one attached hydrogen (secondary N) is 1. The van der Waals surface area contributed by atoms with Crippen molar-refractivity contribution in [2.45, 2.75) is 51.6 Å². The van der Waals surface area contributed by atoms with Crippen molar-refractivity contribution in [1.82, 2.24) is 5.32 Å². The molecular formula is C26H32N2O3. The minimum Gasteiger partial charge on any atom is -0.490 e. The number of hydrogen-bond acceptors (Lipinski definition) is 4. The Bertz CT molecular complexity index is 998. The van der Waals surface area contributed by atoms with Gasteiger partial charge in [0.1, 0.15) is 5.66 Å². The van der Waals surface area contributed by atoms with Gasteiger partial charge in [-0.25, -0.2) is 0 Å². The van der Waals surface area contributed by atoms with Crippen LogP contribution in [0.15, 0.2) is 48.5 Å². The lowest BCUT2D eigenvalue weighted by molar-refractivity contribution is -0.118. The van der Waals surface area contributed by atoms with Crippen LogP contribution < -0.4 is 19.7 Å². The number of amides is 1. The lowest BCUT2D eigenvalue weighted by Crippen LogP contribution is -2.58. The minimum atomic E-state index is -0.601. The molecule has 0 spiro atoms. The summed E-state index contributed by atoms with van der Waals surface area (Å²) in [5.41, 5.74) is 2.49. The van der Waals surface area contributed by atoms with Gasteiger partial charge >= 0.3 is 0 Å². The molecule has 2 aromatic rings. The van der Waals surface area contributed by atoms with E-state index in [0.29, 0.717) is 19.8 Å². The maximum absolute atomic E-state index is 12.5. The number of anilines is 1. The van der Waals surface area contributed by atoms with Crippen molar-refractivity contribution in [3.05, 3.63) is 59.7 Å². The second kappa shape index (κ2) is 8.29. The van der Waals surface area contributed by atoms with E-state index in [4.69, 9.17) is 9.47 Å². The Morgan fingerprint density at radius 1 is 1.10 bits per heavy atom. The average molecular weight is 421 g/mol. The molecule has 2 aliphatic rings. The zero-order valence-corrected chi connectivity index (χ0v) is 18.9. The summed E-state index contributed by atoms with van der Waals surface area (Å²) in [6.45, 7) is 10.1. The molecule has 5 nitrogen and oxygen atoms in total. The number of unbranched alkanes of at least 4 members (excludes halogenated alkanes) is 1. The van der Waals surface area contributed by atoms with Gasteiger partial charge in [0.25, 0.3) is 0 Å². The van der Waals surface area contributed by atoms with Crippen LogP contribution >= 0.6 is 0 Å². The topological polar surface area (TPSA) is 50.8 Å². The molecule has 4 rings (SSSR count). The van der Waals surface area contributed by atoms with Crippen LogP contribution in [0, 0.1) is 0 Å². The molecule has 2 aromatic carbocycles. The Labute approximate surface area is 185 Å². The molecule has 1 fully saturated rings. The Morgan fingerprint density at radius 3 is 2.68 bits per heavy atom. The third kappa shape index (κ3) is 3.56. The van der Waals surface area contributed by atoms with Crippen LogP contribution in [0.1, 0.15) is 51.7 Å². The van der Waals surface area contributed by atoms with Gasteiger partial charge in [-0.15, -0.1) is 0 Å². The zero-order chi connectivity index (χ0) is 22.1. The molecule has 5 heteroatoms. The van der Waals surface area contributed by atoms with Crippen LogP contribution in [-0.2, 0) is 10.2 Å². The number of benzene rings is 2. The van der Waals surface area contributed by atoms with E-state index in [-0.39, 0.29) is 11.3 Å². The van der Waals surface area contributed by atoms with Gasteiger partial charge in [-0.05, 0) is 48.7 Å². The molecule has 164 valence electrons. The van der Waals surface area contributed by atoms with E-state index in [1.165, 1.54) is 5.56 Å². The van der Waals surface area contributed by atoms with Crippen LogP contribution in [0.4, 0.5) is 5.69 Å². The van der Waals surface area contributed by atoms with E-state index in [1.807, 2.05) is 31.2 Å². The summed E-state index contributed by atoms with van der Waals surface area (Å²) >= 11 is 0. The fourth-order valence-corrected chi connectivity index (χ4v) is 4.70. The Balaban J connectivity index is 1.67. The molecule has 0 aromatic heterocycles. The fourth-order valence-electron chi connectivity index (χ4n) is 4.70. The van der Waals surface area contributed by atoms with Gasteiger partial charge in [-0.1, -0.05) is 57.5 Å². The van der Waals surface area contributed by atoms with Crippen LogP contribution in [0.3, 0.4) is 0 Å². The smallest absolute Gasteiger partial charge is 0.241 e. The Hall–Kier alpha value is -2.95. The highest BCUT2D eigenvalue weighted by atomic mass is 16.5. The SMILES string of the molecule is CCCCOc1ccc(/C=C/[C@]23NC(=O)CN2c2ccccc2C3(C)C)cc1OCC. The van der Waals surface area contributed by atoms with Crippen LogP contribution in [0.2, 0.25) is 0 Å². The second-order valence-corrected chi connectivity index (χ2v) is 8.72. The lowest BCUT2D eigenvalue weighted by Gasteiger charge is -2.40. The monoisotopic (exact) mass is 420 g/mol. The molecule has 2 heterocycles. The van der Waals surface area contributed by atoms with Gasteiger partial charge in [0.2, 0.25) is 5.91 Å². The molecule has 1 N–H and O–H groups in total. The maximum atomic E-state index is 12.5. The summed E-state index contributed by atoms with van der Waals surface area (Å²) in [5.74, 6) is 1.57. The quantitative estimate of drug-likeness (QED) is 0.617. The van der Waals surface area contributed by atoms with E-state index in [0.717, 1.165) is 35.6 Å². The number of ether oxygens (including phenoxy) is 2. The predicted octanol–water partition coefficient (Wildman–Crippen LogP) is 4.90. The summed E-state index contributed by atoms with van der Waals surface area (Å²) in [6.07, 6.45) is 6.30. The van der Waals surface area contributed by atoms with Gasteiger partial charge in [-0.2, -0.15) is 0 Å². The maximum Gasteiger partial charge on any atom is 0.241 e. The molecule has 1 amide bonds. The highest BCUT2D eigenvalue weighted by Crippen LogP contribution is 2.52. The summed E-state index contributed by atoms with van der Waals surface area (Å²) in [4.78, 5) is 14.6. The highest BCUT2D eigenvalue weighted by Gasteiger charge is 2.59. The number of carbonyl (C=O) groups is 1. The molecular weight excluding hydrogens is 388 g/mol. The van der Waals surface area contributed by atoms with Crippen molar-refractivity contribution >= 4 is 17.7 Å². The first-order valence-corrected chi connectivity index (χ1v) is 11.2. The Morgan fingerprint density at radius 2 is 1.90 bits per heavy atom. The number of rotatable bonds is 8. The van der Waals surface area contributed by atoms with Crippen LogP contribution in [-0.4, -0.2) is 31.3 Å². The lowest BCUT2D eigenvalue weighted by atomic mass is 9.75. The molecule has 31 heavy (non-hydrogen) atoms. The van der Waals surface area contributed by atoms with Crippen molar-refractivity contribution in [2.75, 3.05) is 24.7 Å². The summed E-state index contributed by atoms with van der Waals surface area (Å²) < 4.78 is 11.7. The number of nitrogens with zero attached hydrogens (tertiary/aromatic N) is 1. The van der Waals surface area contributed by atoms with Gasteiger partial charge in [0.05, 0.1) is 19.8 Å². The van der Waals surface area contributed by atoms with Gasteiger partial charge < -0.3 is 19.7 Å². The van der Waals surface area contributed by atoms with E-state index in [2.05, 4.69) is 61.3 Å². The first-order valence-electron chi connectivity index (χ1n) is 11.2. The molecule has 0 radical (unpaired) electrons. The van der Waals surface area contributed by atoms with E-state index < -0.39 is 5.66 Å². The average Bonchev–Trinajstić information content (AvgIpc) is 3.19. The summed E-state index contributed by atoms with van der Waals surface area (Å²) in [5, 5.41) is 3.27. The largest absolute Gasteiger partial charge is 0.490 e.